The number of carboxylic acid groups (broad SMARTS) is 1. The van der Waals surface area contributed by atoms with Gasteiger partial charge in [-0.2, -0.15) is 0 Å². The molecule has 0 radical (unpaired) electrons. The summed E-state index contributed by atoms with van der Waals surface area (Å²) in [6.45, 7) is 2.88. The Balaban J connectivity index is 2.05. The van der Waals surface area contributed by atoms with Crippen LogP contribution in [0.5, 0.6) is 0 Å². The van der Waals surface area contributed by atoms with Crippen molar-refractivity contribution in [2.24, 2.45) is 5.92 Å². The molecule has 1 fully saturated rings. The number of benzene rings is 1. The summed E-state index contributed by atoms with van der Waals surface area (Å²) in [5, 5.41) is 12.2. The Morgan fingerprint density at radius 3 is 3.00 bits per heavy atom. The van der Waals surface area contributed by atoms with E-state index >= 15 is 0 Å². The lowest BCUT2D eigenvalue weighted by Gasteiger charge is -2.44. The SMILES string of the molecule is CCC1CCN2c3c(cccc3C(=O)O)NC(=O)C2C1. The predicted octanol–water partition coefficient (Wildman–Crippen LogP) is 2.33. The monoisotopic (exact) mass is 274 g/mol. The number of carboxylic acids is 1. The number of hydrogen-bond acceptors (Lipinski definition) is 3. The van der Waals surface area contributed by atoms with Crippen molar-refractivity contribution in [3.8, 4) is 0 Å². The maximum Gasteiger partial charge on any atom is 0.337 e. The fourth-order valence-corrected chi connectivity index (χ4v) is 3.27. The van der Waals surface area contributed by atoms with E-state index in [1.807, 2.05) is 4.90 Å². The van der Waals surface area contributed by atoms with E-state index in [9.17, 15) is 14.7 Å². The van der Waals surface area contributed by atoms with Crippen molar-refractivity contribution in [3.63, 3.8) is 0 Å². The van der Waals surface area contributed by atoms with Crippen LogP contribution in [0.25, 0.3) is 0 Å². The molecule has 20 heavy (non-hydrogen) atoms. The molecule has 0 saturated carbocycles. The predicted molar refractivity (Wildman–Crippen MR) is 76.2 cm³/mol. The summed E-state index contributed by atoms with van der Waals surface area (Å²) in [6, 6.07) is 4.80. The zero-order chi connectivity index (χ0) is 14.3. The van der Waals surface area contributed by atoms with Crippen LogP contribution >= 0.6 is 0 Å². The zero-order valence-corrected chi connectivity index (χ0v) is 11.4. The maximum atomic E-state index is 12.2. The fraction of sp³-hybridized carbons (Fsp3) is 0.467. The minimum Gasteiger partial charge on any atom is -0.478 e. The van der Waals surface area contributed by atoms with E-state index in [4.69, 9.17) is 0 Å². The van der Waals surface area contributed by atoms with Crippen LogP contribution in [0.2, 0.25) is 0 Å². The molecule has 2 aliphatic heterocycles. The number of amides is 1. The Kier molecular flexibility index (Phi) is 3.12. The van der Waals surface area contributed by atoms with Crippen LogP contribution in [-0.4, -0.2) is 29.6 Å². The molecule has 0 bridgehead atoms. The molecule has 5 nitrogen and oxygen atoms in total. The van der Waals surface area contributed by atoms with Crippen LogP contribution in [0.15, 0.2) is 18.2 Å². The summed E-state index contributed by atoms with van der Waals surface area (Å²) < 4.78 is 0. The Bertz CT molecular complexity index is 570. The first-order chi connectivity index (χ1) is 9.61. The lowest BCUT2D eigenvalue weighted by molar-refractivity contribution is -0.118. The van der Waals surface area contributed by atoms with E-state index in [0.717, 1.165) is 25.8 Å². The largest absolute Gasteiger partial charge is 0.478 e. The van der Waals surface area contributed by atoms with Gasteiger partial charge in [0, 0.05) is 6.54 Å². The van der Waals surface area contributed by atoms with Gasteiger partial charge in [0.05, 0.1) is 16.9 Å². The lowest BCUT2D eigenvalue weighted by Crippen LogP contribution is -2.53. The van der Waals surface area contributed by atoms with Gasteiger partial charge >= 0.3 is 5.97 Å². The van der Waals surface area contributed by atoms with Crippen LogP contribution in [-0.2, 0) is 4.79 Å². The van der Waals surface area contributed by atoms with Gasteiger partial charge in [-0.05, 0) is 30.9 Å². The number of hydrogen-bond donors (Lipinski definition) is 2. The molecule has 2 heterocycles. The van der Waals surface area contributed by atoms with Gasteiger partial charge in [0.15, 0.2) is 0 Å². The number of carbonyl (C=O) groups is 2. The highest BCUT2D eigenvalue weighted by molar-refractivity contribution is 6.08. The third-order valence-electron chi connectivity index (χ3n) is 4.40. The summed E-state index contributed by atoms with van der Waals surface area (Å²) >= 11 is 0. The summed E-state index contributed by atoms with van der Waals surface area (Å²) in [5.41, 5.74) is 1.54. The number of aromatic carboxylic acids is 1. The van der Waals surface area contributed by atoms with E-state index in [-0.39, 0.29) is 17.5 Å². The summed E-state index contributed by atoms with van der Waals surface area (Å²) in [7, 11) is 0. The highest BCUT2D eigenvalue weighted by atomic mass is 16.4. The number of para-hydroxylation sites is 1. The molecule has 3 rings (SSSR count). The van der Waals surface area contributed by atoms with Gasteiger partial charge in [0.25, 0.3) is 0 Å². The van der Waals surface area contributed by atoms with Gasteiger partial charge in [-0.15, -0.1) is 0 Å². The standard InChI is InChI=1S/C15H18N2O3/c1-2-9-6-7-17-12(8-9)14(18)16-11-5-3-4-10(13(11)17)15(19)20/h3-5,9,12H,2,6-8H2,1H3,(H,16,18)(H,19,20). The van der Waals surface area contributed by atoms with Gasteiger partial charge in [-0.1, -0.05) is 19.4 Å². The molecule has 2 aliphatic rings. The Morgan fingerprint density at radius 1 is 1.50 bits per heavy atom. The minimum absolute atomic E-state index is 0.0156. The van der Waals surface area contributed by atoms with E-state index in [1.54, 1.807) is 18.2 Å². The maximum absolute atomic E-state index is 12.2. The normalized spacial score (nSPS) is 24.6. The van der Waals surface area contributed by atoms with Crippen molar-refractivity contribution in [1.82, 2.24) is 0 Å². The van der Waals surface area contributed by atoms with E-state index in [1.165, 1.54) is 0 Å². The molecule has 2 atom stereocenters. The molecule has 1 amide bonds. The number of nitrogens with zero attached hydrogens (tertiary/aromatic N) is 1. The molecule has 2 N–H and O–H groups in total. The Morgan fingerprint density at radius 2 is 2.30 bits per heavy atom. The molecule has 1 aromatic carbocycles. The van der Waals surface area contributed by atoms with Crippen molar-refractivity contribution < 1.29 is 14.7 Å². The van der Waals surface area contributed by atoms with Gasteiger partial charge in [-0.25, -0.2) is 4.79 Å². The number of anilines is 2. The highest BCUT2D eigenvalue weighted by Gasteiger charge is 2.39. The number of piperidine rings is 1. The van der Waals surface area contributed by atoms with E-state index in [0.29, 0.717) is 17.3 Å². The van der Waals surface area contributed by atoms with Crippen molar-refractivity contribution in [2.75, 3.05) is 16.8 Å². The van der Waals surface area contributed by atoms with Gasteiger partial charge in [0.1, 0.15) is 6.04 Å². The van der Waals surface area contributed by atoms with Crippen LogP contribution in [0, 0.1) is 5.92 Å². The first-order valence-electron chi connectivity index (χ1n) is 7.05. The minimum atomic E-state index is -0.950. The molecule has 0 aliphatic carbocycles. The van der Waals surface area contributed by atoms with Crippen molar-refractivity contribution in [3.05, 3.63) is 23.8 Å². The molecule has 2 unspecified atom stereocenters. The van der Waals surface area contributed by atoms with Crippen molar-refractivity contribution in [2.45, 2.75) is 32.2 Å². The zero-order valence-electron chi connectivity index (χ0n) is 11.4. The van der Waals surface area contributed by atoms with Gasteiger partial charge < -0.3 is 15.3 Å². The van der Waals surface area contributed by atoms with Crippen molar-refractivity contribution >= 4 is 23.3 Å². The molecule has 106 valence electrons. The Hall–Kier alpha value is -2.04. The first kappa shape index (κ1) is 13.0. The number of carbonyl (C=O) groups excluding carboxylic acids is 1. The second-order valence-electron chi connectivity index (χ2n) is 5.50. The van der Waals surface area contributed by atoms with E-state index in [2.05, 4.69) is 12.2 Å². The molecule has 1 saturated heterocycles. The quantitative estimate of drug-likeness (QED) is 0.868. The smallest absolute Gasteiger partial charge is 0.337 e. The number of fused-ring (bicyclic) bond motifs is 3. The van der Waals surface area contributed by atoms with E-state index < -0.39 is 5.97 Å². The molecule has 0 aromatic heterocycles. The highest BCUT2D eigenvalue weighted by Crippen LogP contribution is 2.40. The second-order valence-corrected chi connectivity index (χ2v) is 5.50. The topological polar surface area (TPSA) is 69.6 Å². The molecule has 0 spiro atoms. The fourth-order valence-electron chi connectivity index (χ4n) is 3.27. The third-order valence-corrected chi connectivity index (χ3v) is 4.40. The molecular formula is C15H18N2O3. The summed E-state index contributed by atoms with van der Waals surface area (Å²) in [4.78, 5) is 25.6. The van der Waals surface area contributed by atoms with Crippen LogP contribution in [0.4, 0.5) is 11.4 Å². The summed E-state index contributed by atoms with van der Waals surface area (Å²) in [6.07, 6.45) is 2.87. The molecule has 5 heteroatoms. The average Bonchev–Trinajstić information content (AvgIpc) is 2.46. The number of nitrogens with one attached hydrogen (secondary N) is 1. The average molecular weight is 274 g/mol. The third kappa shape index (κ3) is 1.94. The second kappa shape index (κ2) is 4.81. The Labute approximate surface area is 117 Å². The molecule has 1 aromatic rings. The first-order valence-corrected chi connectivity index (χ1v) is 7.05. The van der Waals surface area contributed by atoms with Gasteiger partial charge in [-0.3, -0.25) is 4.79 Å². The van der Waals surface area contributed by atoms with Gasteiger partial charge in [0.2, 0.25) is 5.91 Å². The van der Waals surface area contributed by atoms with Crippen LogP contribution in [0.3, 0.4) is 0 Å². The van der Waals surface area contributed by atoms with Crippen LogP contribution < -0.4 is 10.2 Å². The summed E-state index contributed by atoms with van der Waals surface area (Å²) in [5.74, 6) is -0.423. The number of rotatable bonds is 2. The van der Waals surface area contributed by atoms with Crippen molar-refractivity contribution in [1.29, 1.82) is 0 Å². The van der Waals surface area contributed by atoms with Crippen LogP contribution in [0.1, 0.15) is 36.5 Å². The molecular weight excluding hydrogens is 256 g/mol. The lowest BCUT2D eigenvalue weighted by atomic mass is 9.86.